The molecule has 1 aliphatic heterocycles. The van der Waals surface area contributed by atoms with Gasteiger partial charge in [-0.25, -0.2) is 0 Å². The third kappa shape index (κ3) is 4.49. The van der Waals surface area contributed by atoms with Crippen LogP contribution in [-0.2, 0) is 0 Å². The summed E-state index contributed by atoms with van der Waals surface area (Å²) in [5.74, 6) is 0.707. The predicted molar refractivity (Wildman–Crippen MR) is 64.0 cm³/mol. The Balaban J connectivity index is 2.37. The van der Waals surface area contributed by atoms with E-state index in [-0.39, 0.29) is 6.10 Å². The third-order valence-corrected chi connectivity index (χ3v) is 2.98. The van der Waals surface area contributed by atoms with Gasteiger partial charge in [0.2, 0.25) is 0 Å². The molecule has 1 aliphatic rings. The normalized spacial score (nSPS) is 27.2. The lowest BCUT2D eigenvalue weighted by Gasteiger charge is -2.30. The fourth-order valence-corrected chi connectivity index (χ4v) is 2.19. The van der Waals surface area contributed by atoms with Gasteiger partial charge in [0.05, 0.1) is 6.10 Å². The molecule has 0 bridgehead atoms. The number of β-amino-alcohol motifs (C(OH)–C–C–N with tert-alkyl or cyclic N) is 1. The van der Waals surface area contributed by atoms with E-state index in [1.807, 2.05) is 0 Å². The summed E-state index contributed by atoms with van der Waals surface area (Å²) in [5.41, 5.74) is 0. The van der Waals surface area contributed by atoms with Crippen molar-refractivity contribution in [2.45, 2.75) is 52.3 Å². The Hall–Kier alpha value is -0.120. The maximum absolute atomic E-state index is 9.45. The zero-order valence-electron chi connectivity index (χ0n) is 10.5. The van der Waals surface area contributed by atoms with Crippen LogP contribution in [0.3, 0.4) is 0 Å². The number of nitrogens with zero attached hydrogens (tertiary/aromatic N) is 1. The Morgan fingerprint density at radius 1 is 1.33 bits per heavy atom. The first-order chi connectivity index (χ1) is 6.99. The molecule has 0 aliphatic carbocycles. The average Bonchev–Trinajstić information content (AvgIpc) is 2.49. The van der Waals surface area contributed by atoms with Gasteiger partial charge < -0.3 is 10.4 Å². The summed E-state index contributed by atoms with van der Waals surface area (Å²) in [6.07, 6.45) is 0.768. The summed E-state index contributed by atoms with van der Waals surface area (Å²) in [7, 11) is 0. The summed E-state index contributed by atoms with van der Waals surface area (Å²) >= 11 is 0. The minimum absolute atomic E-state index is 0.136. The van der Waals surface area contributed by atoms with Gasteiger partial charge in [-0.3, -0.25) is 4.90 Å². The molecule has 1 rings (SSSR count). The van der Waals surface area contributed by atoms with E-state index in [2.05, 4.69) is 37.9 Å². The van der Waals surface area contributed by atoms with Crippen LogP contribution in [-0.4, -0.2) is 47.8 Å². The maximum atomic E-state index is 9.45. The fourth-order valence-electron chi connectivity index (χ4n) is 2.19. The molecule has 0 saturated carbocycles. The van der Waals surface area contributed by atoms with Gasteiger partial charge in [-0.15, -0.1) is 0 Å². The van der Waals surface area contributed by atoms with Crippen molar-refractivity contribution in [2.24, 2.45) is 5.92 Å². The fraction of sp³-hybridized carbons (Fsp3) is 1.00. The molecule has 15 heavy (non-hydrogen) atoms. The topological polar surface area (TPSA) is 35.5 Å². The standard InChI is InChI=1S/C12H26N2O/c1-9(2)7-14(10(3)4)8-11-5-12(15)6-13-11/h9-13,15H,5-8H2,1-4H3. The monoisotopic (exact) mass is 214 g/mol. The molecular weight excluding hydrogens is 188 g/mol. The number of aliphatic hydroxyl groups is 1. The summed E-state index contributed by atoms with van der Waals surface area (Å²) in [6.45, 7) is 12.0. The van der Waals surface area contributed by atoms with Gasteiger partial charge in [0.1, 0.15) is 0 Å². The quantitative estimate of drug-likeness (QED) is 0.719. The Morgan fingerprint density at radius 3 is 2.40 bits per heavy atom. The average molecular weight is 214 g/mol. The van der Waals surface area contributed by atoms with Crippen molar-refractivity contribution in [3.05, 3.63) is 0 Å². The van der Waals surface area contributed by atoms with Crippen LogP contribution in [0.4, 0.5) is 0 Å². The van der Waals surface area contributed by atoms with Crippen molar-refractivity contribution in [1.82, 2.24) is 10.2 Å². The van der Waals surface area contributed by atoms with Crippen LogP contribution >= 0.6 is 0 Å². The van der Waals surface area contributed by atoms with Gasteiger partial charge >= 0.3 is 0 Å². The van der Waals surface area contributed by atoms with Gasteiger partial charge in [-0.1, -0.05) is 13.8 Å². The molecule has 1 saturated heterocycles. The first-order valence-electron chi connectivity index (χ1n) is 6.14. The first kappa shape index (κ1) is 12.9. The zero-order chi connectivity index (χ0) is 11.4. The van der Waals surface area contributed by atoms with E-state index in [0.717, 1.165) is 26.1 Å². The molecular formula is C12H26N2O. The summed E-state index contributed by atoms with van der Waals surface area (Å²) in [5, 5.41) is 12.8. The largest absolute Gasteiger partial charge is 0.392 e. The second kappa shape index (κ2) is 5.83. The van der Waals surface area contributed by atoms with Crippen molar-refractivity contribution in [3.63, 3.8) is 0 Å². The van der Waals surface area contributed by atoms with Crippen LogP contribution in [0.1, 0.15) is 34.1 Å². The lowest BCUT2D eigenvalue weighted by molar-refractivity contribution is 0.167. The Morgan fingerprint density at radius 2 is 2.00 bits per heavy atom. The molecule has 0 spiro atoms. The molecule has 0 radical (unpaired) electrons. The molecule has 1 heterocycles. The van der Waals surface area contributed by atoms with E-state index >= 15 is 0 Å². The highest BCUT2D eigenvalue weighted by atomic mass is 16.3. The highest BCUT2D eigenvalue weighted by molar-refractivity contribution is 4.84. The van der Waals surface area contributed by atoms with Crippen molar-refractivity contribution in [2.75, 3.05) is 19.6 Å². The second-order valence-electron chi connectivity index (χ2n) is 5.44. The van der Waals surface area contributed by atoms with E-state index in [0.29, 0.717) is 18.0 Å². The highest BCUT2D eigenvalue weighted by Gasteiger charge is 2.25. The molecule has 0 aromatic heterocycles. The Labute approximate surface area is 93.9 Å². The van der Waals surface area contributed by atoms with E-state index in [1.54, 1.807) is 0 Å². The molecule has 0 aromatic rings. The molecule has 0 aromatic carbocycles. The van der Waals surface area contributed by atoms with Crippen LogP contribution in [0, 0.1) is 5.92 Å². The summed E-state index contributed by atoms with van der Waals surface area (Å²) < 4.78 is 0. The number of hydrogen-bond acceptors (Lipinski definition) is 3. The van der Waals surface area contributed by atoms with Crippen molar-refractivity contribution >= 4 is 0 Å². The summed E-state index contributed by atoms with van der Waals surface area (Å²) in [4.78, 5) is 2.50. The van der Waals surface area contributed by atoms with Crippen LogP contribution in [0.2, 0.25) is 0 Å². The van der Waals surface area contributed by atoms with Crippen LogP contribution < -0.4 is 5.32 Å². The third-order valence-electron chi connectivity index (χ3n) is 2.98. The smallest absolute Gasteiger partial charge is 0.0680 e. The van der Waals surface area contributed by atoms with Crippen LogP contribution in [0.15, 0.2) is 0 Å². The minimum Gasteiger partial charge on any atom is -0.392 e. The molecule has 3 nitrogen and oxygen atoms in total. The van der Waals surface area contributed by atoms with Crippen molar-refractivity contribution < 1.29 is 5.11 Å². The number of nitrogens with one attached hydrogen (secondary N) is 1. The summed E-state index contributed by atoms with van der Waals surface area (Å²) in [6, 6.07) is 1.06. The van der Waals surface area contributed by atoms with E-state index in [9.17, 15) is 5.11 Å². The number of hydrogen-bond donors (Lipinski definition) is 2. The highest BCUT2D eigenvalue weighted by Crippen LogP contribution is 2.11. The number of rotatable bonds is 5. The molecule has 2 N–H and O–H groups in total. The Kier molecular flexibility index (Phi) is 5.03. The molecule has 2 atom stereocenters. The van der Waals surface area contributed by atoms with Gasteiger partial charge in [-0.05, 0) is 26.2 Å². The SMILES string of the molecule is CC(C)CN(CC1CC(O)CN1)C(C)C. The van der Waals surface area contributed by atoms with Crippen molar-refractivity contribution in [1.29, 1.82) is 0 Å². The maximum Gasteiger partial charge on any atom is 0.0680 e. The lowest BCUT2D eigenvalue weighted by atomic mass is 10.1. The van der Waals surface area contributed by atoms with Crippen LogP contribution in [0.25, 0.3) is 0 Å². The lowest BCUT2D eigenvalue weighted by Crippen LogP contribution is -2.42. The second-order valence-corrected chi connectivity index (χ2v) is 5.44. The molecule has 0 amide bonds. The van der Waals surface area contributed by atoms with Gasteiger partial charge in [0.25, 0.3) is 0 Å². The molecule has 2 unspecified atom stereocenters. The van der Waals surface area contributed by atoms with Gasteiger partial charge in [-0.2, -0.15) is 0 Å². The zero-order valence-corrected chi connectivity index (χ0v) is 10.5. The predicted octanol–water partition coefficient (Wildman–Crippen LogP) is 1.08. The van der Waals surface area contributed by atoms with Crippen LogP contribution in [0.5, 0.6) is 0 Å². The molecule has 3 heteroatoms. The minimum atomic E-state index is -0.136. The molecule has 1 fully saturated rings. The Bertz CT molecular complexity index is 182. The van der Waals surface area contributed by atoms with E-state index < -0.39 is 0 Å². The van der Waals surface area contributed by atoms with Crippen molar-refractivity contribution in [3.8, 4) is 0 Å². The first-order valence-corrected chi connectivity index (χ1v) is 6.14. The van der Waals surface area contributed by atoms with E-state index in [1.165, 1.54) is 0 Å². The van der Waals surface area contributed by atoms with E-state index in [4.69, 9.17) is 0 Å². The van der Waals surface area contributed by atoms with Gasteiger partial charge in [0, 0.05) is 31.7 Å². The molecule has 90 valence electrons. The number of aliphatic hydroxyl groups excluding tert-OH is 1. The van der Waals surface area contributed by atoms with Gasteiger partial charge in [0.15, 0.2) is 0 Å².